The van der Waals surface area contributed by atoms with Crippen molar-refractivity contribution in [2.45, 2.75) is 267 Å². The lowest BCUT2D eigenvalue weighted by atomic mass is 9.99. The van der Waals surface area contributed by atoms with Crippen molar-refractivity contribution in [1.82, 2.24) is 92.5 Å². The van der Waals surface area contributed by atoms with Crippen LogP contribution in [0.15, 0.2) is 85.2 Å². The van der Waals surface area contributed by atoms with Crippen LogP contribution in [0.2, 0.25) is 0 Å². The predicted molar refractivity (Wildman–Crippen MR) is 524 cm³/mol. The topological polar surface area (TPSA) is 696 Å². The highest BCUT2D eigenvalue weighted by atomic mass is 32.2. The third kappa shape index (κ3) is 32.8. The summed E-state index contributed by atoms with van der Waals surface area (Å²) in [6.45, 7) is 7.16. The molecule has 3 aliphatic heterocycles. The van der Waals surface area contributed by atoms with E-state index in [4.69, 9.17) is 17.2 Å². The molecular formula is C96H141N21O25S. The molecule has 0 spiro atoms. The number of aliphatic carboxylic acids is 1. The summed E-state index contributed by atoms with van der Waals surface area (Å²) in [6, 6.07) is -3.35. The highest BCUT2D eigenvalue weighted by molar-refractivity contribution is 8.00. The van der Waals surface area contributed by atoms with Gasteiger partial charge in [0.2, 0.25) is 100 Å². The quantitative estimate of drug-likeness (QED) is 0.0193. The van der Waals surface area contributed by atoms with Gasteiger partial charge in [0.05, 0.1) is 37.5 Å². The normalized spacial score (nSPS) is 24.8. The van der Waals surface area contributed by atoms with E-state index < -0.39 is 291 Å². The number of nitrogens with zero attached hydrogens (tertiary/aromatic N) is 6. The van der Waals surface area contributed by atoms with Crippen LogP contribution in [0.1, 0.15) is 149 Å². The number of nitrogens with two attached hydrogens (primary N) is 3. The van der Waals surface area contributed by atoms with Gasteiger partial charge in [-0.1, -0.05) is 116 Å². The van der Waals surface area contributed by atoms with Gasteiger partial charge in [-0.2, -0.15) is 0 Å². The number of thioether (sulfide) groups is 1. The summed E-state index contributed by atoms with van der Waals surface area (Å²) in [4.78, 5) is 273. The van der Waals surface area contributed by atoms with Crippen molar-refractivity contribution < 1.29 is 122 Å². The number of hydrogen-bond donors (Lipinski definition) is 22. The Labute approximate surface area is 832 Å². The molecule has 0 radical (unpaired) electrons. The van der Waals surface area contributed by atoms with Crippen LogP contribution >= 0.6 is 11.8 Å². The van der Waals surface area contributed by atoms with Crippen molar-refractivity contribution >= 4 is 140 Å². The van der Waals surface area contributed by atoms with Gasteiger partial charge >= 0.3 is 5.97 Å². The maximum absolute atomic E-state index is 16.0. The Balaban J connectivity index is 1.24. The zero-order valence-electron chi connectivity index (χ0n) is 82.3. The van der Waals surface area contributed by atoms with E-state index in [0.717, 1.165) is 36.3 Å². The maximum atomic E-state index is 16.0. The molecule has 25 N–H and O–H groups in total. The van der Waals surface area contributed by atoms with Crippen LogP contribution in [0.5, 0.6) is 5.75 Å². The molecule has 143 heavy (non-hydrogen) atoms. The fourth-order valence-electron chi connectivity index (χ4n) is 17.6. The first-order chi connectivity index (χ1) is 67.8. The summed E-state index contributed by atoms with van der Waals surface area (Å²) in [5.74, 6) is -19.8. The minimum Gasteiger partial charge on any atom is -0.508 e. The van der Waals surface area contributed by atoms with Gasteiger partial charge in [0.1, 0.15) is 109 Å². The number of aromatic nitrogens is 2. The largest absolute Gasteiger partial charge is 0.508 e. The molecule has 2 aromatic heterocycles. The van der Waals surface area contributed by atoms with E-state index in [1.807, 2.05) is 13.8 Å². The lowest BCUT2D eigenvalue weighted by Crippen LogP contribution is -2.62. The van der Waals surface area contributed by atoms with Gasteiger partial charge in [0.15, 0.2) is 0 Å². The number of carbonyl (C=O) groups excluding carboxylic acids is 17. The average Bonchev–Trinajstić information content (AvgIpc) is 1.64. The van der Waals surface area contributed by atoms with E-state index in [-0.39, 0.29) is 82.5 Å². The van der Waals surface area contributed by atoms with Gasteiger partial charge in [0.25, 0.3) is 0 Å². The van der Waals surface area contributed by atoms with Crippen LogP contribution in [-0.2, 0) is 112 Å². The lowest BCUT2D eigenvalue weighted by molar-refractivity contribution is -0.149. The smallest absolute Gasteiger partial charge is 0.323 e. The van der Waals surface area contributed by atoms with Crippen molar-refractivity contribution in [3.63, 3.8) is 0 Å². The number of primary amides is 2. The molecule has 46 nitrogen and oxygen atoms in total. The lowest BCUT2D eigenvalue weighted by Gasteiger charge is -2.36. The summed E-state index contributed by atoms with van der Waals surface area (Å²) in [5.41, 5.74) is 19.6. The van der Waals surface area contributed by atoms with Crippen molar-refractivity contribution in [2.75, 3.05) is 78.5 Å². The summed E-state index contributed by atoms with van der Waals surface area (Å²) >= 11 is 0.763. The van der Waals surface area contributed by atoms with Gasteiger partial charge in [-0.25, -0.2) is 0 Å². The number of phenols is 1. The van der Waals surface area contributed by atoms with Gasteiger partial charge in [-0.05, 0) is 111 Å². The van der Waals surface area contributed by atoms with Crippen LogP contribution in [0.3, 0.4) is 0 Å². The number of hydrogen-bond acceptors (Lipinski definition) is 27. The molecule has 3 aliphatic rings. The number of likely N-dealkylation sites (N-methyl/N-ethyl adjacent to an activating group) is 3. The summed E-state index contributed by atoms with van der Waals surface area (Å²) in [6.07, 6.45) is -5.53. The molecule has 8 rings (SSSR count). The number of unbranched alkanes of at least 4 members (excludes halogenated alkanes) is 2. The number of carbonyl (C=O) groups is 18. The zero-order chi connectivity index (χ0) is 105. The third-order valence-corrected chi connectivity index (χ3v) is 26.6. The summed E-state index contributed by atoms with van der Waals surface area (Å²) in [7, 11) is 3.86. The van der Waals surface area contributed by atoms with Gasteiger partial charge in [0, 0.05) is 113 Å². The van der Waals surface area contributed by atoms with Crippen molar-refractivity contribution in [3.8, 4) is 5.75 Å². The Bertz CT molecular complexity index is 5290. The number of aliphatic hydroxyl groups excluding tert-OH is 5. The SMILES string of the molecule is CCCC[C@H]1C(=O)N(C)[C@@H](CCCC)C(=O)N[C@@H](CC(C)C)C(=O)N[C@H](C(=O)NCC(N)=O)CSCC(=O)N[C@@H](Cc2ccc(O)cc2)C(=O)N(C)[C@@H](C)C(=O)N[C@@H](CC(N)=O)C(=O)N2CCC[C@H]2C(=O)N[C@@H](CNC[C@H](O)[C@@H](O)[C@@H](O)CO)C(=O)N[C@@H](CC(C)C)C(=O)N2C[C@H](O)C[C@H]2C(=O)N[C@@H](Cc2c[nH]c3ccccc23)C(=O)N[C@@H](CCN)C(=O)N[C@@H](Cc2cn(CC(=O)O)c3ccccc23)C(=O)N1C. The molecule has 0 bridgehead atoms. The average molecular weight is 2020 g/mol. The number of nitrogens with one attached hydrogen (secondary N) is 12. The monoisotopic (exact) mass is 2020 g/mol. The number of H-pyrrole nitrogens is 1. The number of phenolic OH excluding ortho intramolecular Hbond substituents is 1. The molecule has 18 atom stereocenters. The van der Waals surface area contributed by atoms with Crippen molar-refractivity contribution in [2.24, 2.45) is 29.0 Å². The number of carboxylic acids is 1. The molecule has 0 aliphatic carbocycles. The minimum absolute atomic E-state index is 0.0152. The van der Waals surface area contributed by atoms with Crippen LogP contribution in [0.4, 0.5) is 0 Å². The fraction of sp³-hybridized carbons (Fsp3) is 0.583. The number of amides is 17. The summed E-state index contributed by atoms with van der Waals surface area (Å²) in [5, 5.41) is 104. The molecule has 3 fully saturated rings. The van der Waals surface area contributed by atoms with Crippen LogP contribution in [-0.4, -0.2) is 364 Å². The molecule has 3 saturated heterocycles. The van der Waals surface area contributed by atoms with E-state index in [1.165, 1.54) is 63.1 Å². The molecule has 786 valence electrons. The number of rotatable bonds is 32. The molecular weight excluding hydrogens is 1880 g/mol. The van der Waals surface area contributed by atoms with Crippen LogP contribution in [0, 0.1) is 11.8 Å². The Hall–Kier alpha value is -12.9. The molecule has 3 aromatic carbocycles. The second-order valence-electron chi connectivity index (χ2n) is 37.5. The predicted octanol–water partition coefficient (Wildman–Crippen LogP) is -4.53. The third-order valence-electron chi connectivity index (χ3n) is 25.5. The first-order valence-corrected chi connectivity index (χ1v) is 49.4. The molecule has 5 aromatic rings. The highest BCUT2D eigenvalue weighted by Crippen LogP contribution is 2.29. The number of aromatic amines is 1. The van der Waals surface area contributed by atoms with E-state index in [2.05, 4.69) is 63.5 Å². The number of benzene rings is 3. The number of fused-ring (bicyclic) bond motifs is 4. The number of carboxylic acid groups (broad SMARTS) is 1. The van der Waals surface area contributed by atoms with Gasteiger partial charge in [-0.3, -0.25) is 86.3 Å². The van der Waals surface area contributed by atoms with Crippen LogP contribution in [0.25, 0.3) is 21.8 Å². The van der Waals surface area contributed by atoms with E-state index >= 15 is 38.4 Å². The first-order valence-electron chi connectivity index (χ1n) is 48.2. The Morgan fingerprint density at radius 2 is 1.11 bits per heavy atom. The van der Waals surface area contributed by atoms with Crippen molar-refractivity contribution in [1.29, 1.82) is 0 Å². The first kappa shape index (κ1) is 115. The molecule has 17 amide bonds. The Morgan fingerprint density at radius 3 is 1.76 bits per heavy atom. The van der Waals surface area contributed by atoms with Crippen molar-refractivity contribution in [3.05, 3.63) is 102 Å². The number of aliphatic hydroxyl groups is 5. The number of aromatic hydroxyl groups is 1. The zero-order valence-corrected chi connectivity index (χ0v) is 83.1. The maximum Gasteiger partial charge on any atom is 0.323 e. The highest BCUT2D eigenvalue weighted by Gasteiger charge is 2.47. The molecule has 0 unspecified atom stereocenters. The fourth-order valence-corrected chi connectivity index (χ4v) is 18.5. The van der Waals surface area contributed by atoms with E-state index in [1.54, 1.807) is 82.4 Å². The number of para-hydroxylation sites is 2. The van der Waals surface area contributed by atoms with Gasteiger partial charge < -0.3 is 145 Å². The standard InChI is InChI=1S/C96H141N21O25S/c1-11-13-23-72-89(135)105-63(34-51(3)4)86(132)111-70(84(130)102-44-79(99)124)49-143-50-80(125)103-66(36-54-27-29-57(119)30-28-54)92(138)112(8)53(7)83(129)107-68(40-78(98)123)94(140)116-33-19-26-73(116)90(136)110-69(42-100-43-76(121)82(128)77(122)48-118)88(134)108-65(35-52(5)6)95(141)117-46-58(120)39-75(117)91(137)106-64(37-55-41-101-61-22-17-15-20-59(55)61)87(133)104-62(31-32-97)85(131)109-67(93(139)114(10)74(24-14-12-2)96(142)113(72)9)38-56-45-115(47-81(126)127)71-25-18-16-21-60(56)71/h15-18,20-22,25,27-30,41,45,51-53,58,62-70,72-77,82,100-101,118-122,128H,11-14,19,23-24,26,31-40,42-44,46-50,97H2,1-10H3,(H2,98,123)(H2,99,124)(H,102,130)(H,103,125)(H,104,133)(H,105,135)(H,106,137)(H,107,129)(H,108,134)(H,109,131)(H,110,136)(H,111,132)(H,126,127)/t53-,58+,62-,63-,64-,65-,66-,67-,68-,69-,70-,72-,73-,74-,75-,76-,77-,82+/m0/s1. The minimum atomic E-state index is -1.96. The van der Waals surface area contributed by atoms with Crippen LogP contribution < -0.4 is 75.7 Å². The Morgan fingerprint density at radius 1 is 0.559 bits per heavy atom. The molecule has 5 heterocycles. The van der Waals surface area contributed by atoms with E-state index in [9.17, 15) is 83.7 Å². The second-order valence-corrected chi connectivity index (χ2v) is 38.6. The molecule has 47 heteroatoms. The van der Waals surface area contributed by atoms with Gasteiger partial charge in [-0.15, -0.1) is 11.8 Å². The van der Waals surface area contributed by atoms with E-state index in [0.29, 0.717) is 64.2 Å². The molecule has 0 saturated carbocycles. The Kier molecular flexibility index (Phi) is 44.4. The summed E-state index contributed by atoms with van der Waals surface area (Å²) < 4.78 is 1.43. The second kappa shape index (κ2) is 55.1.